The Morgan fingerprint density at radius 3 is 2.30 bits per heavy atom. The highest BCUT2D eigenvalue weighted by atomic mass is 16.6. The summed E-state index contributed by atoms with van der Waals surface area (Å²) < 4.78 is 5.42. The summed E-state index contributed by atoms with van der Waals surface area (Å²) in [6, 6.07) is 0. The summed E-state index contributed by atoms with van der Waals surface area (Å²) in [6.45, 7) is 12.8. The molecule has 0 aromatic carbocycles. The number of nitrogens with zero attached hydrogens (tertiary/aromatic N) is 2. The minimum absolute atomic E-state index is 0.168. The van der Waals surface area contributed by atoms with Crippen molar-refractivity contribution in [2.45, 2.75) is 39.2 Å². The third kappa shape index (κ3) is 4.94. The molecule has 0 aromatic rings. The lowest BCUT2D eigenvalue weighted by molar-refractivity contribution is 0.0129. The Balaban J connectivity index is 1.70. The first-order valence-corrected chi connectivity index (χ1v) is 7.85. The largest absolute Gasteiger partial charge is 0.444 e. The van der Waals surface area contributed by atoms with Crippen LogP contribution in [-0.2, 0) is 4.74 Å². The van der Waals surface area contributed by atoms with E-state index < -0.39 is 5.60 Å². The minimum Gasteiger partial charge on any atom is -0.444 e. The SMILES string of the molecule is CC(C)(C)OC(=O)N1CCN(CC2CCNCC2)CC1. The molecule has 0 bridgehead atoms. The first-order valence-electron chi connectivity index (χ1n) is 7.85. The standard InChI is InChI=1S/C15H29N3O2/c1-15(2,3)20-14(19)18-10-8-17(9-11-18)12-13-4-6-16-7-5-13/h13,16H,4-12H2,1-3H3. The Morgan fingerprint density at radius 2 is 1.75 bits per heavy atom. The average Bonchev–Trinajstić information content (AvgIpc) is 2.39. The van der Waals surface area contributed by atoms with Crippen LogP contribution in [0.15, 0.2) is 0 Å². The van der Waals surface area contributed by atoms with Gasteiger partial charge in [-0.3, -0.25) is 4.90 Å². The van der Waals surface area contributed by atoms with Crippen LogP contribution in [0.25, 0.3) is 0 Å². The summed E-state index contributed by atoms with van der Waals surface area (Å²) >= 11 is 0. The van der Waals surface area contributed by atoms with Crippen molar-refractivity contribution < 1.29 is 9.53 Å². The number of nitrogens with one attached hydrogen (secondary N) is 1. The summed E-state index contributed by atoms with van der Waals surface area (Å²) in [5.41, 5.74) is -0.399. The quantitative estimate of drug-likeness (QED) is 0.835. The van der Waals surface area contributed by atoms with E-state index in [4.69, 9.17) is 4.74 Å². The van der Waals surface area contributed by atoms with E-state index in [-0.39, 0.29) is 6.09 Å². The number of amides is 1. The Morgan fingerprint density at radius 1 is 1.15 bits per heavy atom. The Kier molecular flexibility index (Phi) is 5.27. The third-order valence-electron chi connectivity index (χ3n) is 4.00. The fourth-order valence-corrected chi connectivity index (χ4v) is 2.87. The molecule has 0 aliphatic carbocycles. The van der Waals surface area contributed by atoms with Crippen LogP contribution in [0.2, 0.25) is 0 Å². The molecule has 0 spiro atoms. The molecule has 2 saturated heterocycles. The molecule has 2 aliphatic heterocycles. The molecule has 2 fully saturated rings. The molecule has 2 heterocycles. The van der Waals surface area contributed by atoms with Gasteiger partial charge in [0.2, 0.25) is 0 Å². The van der Waals surface area contributed by atoms with Gasteiger partial charge in [0.1, 0.15) is 5.60 Å². The first-order chi connectivity index (χ1) is 9.44. The molecular formula is C15H29N3O2. The Bertz CT molecular complexity index is 314. The molecule has 5 heteroatoms. The highest BCUT2D eigenvalue weighted by molar-refractivity contribution is 5.68. The smallest absolute Gasteiger partial charge is 0.410 e. The number of ether oxygens (including phenoxy) is 1. The molecule has 0 saturated carbocycles. The van der Waals surface area contributed by atoms with Crippen molar-refractivity contribution >= 4 is 6.09 Å². The molecule has 1 N–H and O–H groups in total. The summed E-state index contributed by atoms with van der Waals surface area (Å²) in [7, 11) is 0. The summed E-state index contributed by atoms with van der Waals surface area (Å²) in [4.78, 5) is 16.3. The van der Waals surface area contributed by atoms with Crippen molar-refractivity contribution in [2.75, 3.05) is 45.8 Å². The Hall–Kier alpha value is -0.810. The molecule has 0 radical (unpaired) electrons. The van der Waals surface area contributed by atoms with E-state index in [0.29, 0.717) is 0 Å². The van der Waals surface area contributed by atoms with Gasteiger partial charge < -0.3 is 15.0 Å². The number of carbonyl (C=O) groups excluding carboxylic acids is 1. The minimum atomic E-state index is -0.399. The molecule has 2 aliphatic rings. The van der Waals surface area contributed by atoms with E-state index in [1.807, 2.05) is 25.7 Å². The topological polar surface area (TPSA) is 44.8 Å². The zero-order valence-electron chi connectivity index (χ0n) is 13.2. The van der Waals surface area contributed by atoms with Gasteiger partial charge in [-0.05, 0) is 52.6 Å². The monoisotopic (exact) mass is 283 g/mol. The maximum Gasteiger partial charge on any atom is 0.410 e. The zero-order valence-corrected chi connectivity index (χ0v) is 13.2. The van der Waals surface area contributed by atoms with Crippen LogP contribution in [0.4, 0.5) is 4.79 Å². The van der Waals surface area contributed by atoms with Crippen molar-refractivity contribution in [3.63, 3.8) is 0 Å². The normalized spacial score (nSPS) is 22.9. The van der Waals surface area contributed by atoms with E-state index in [1.165, 1.54) is 19.4 Å². The number of hydrogen-bond donors (Lipinski definition) is 1. The fourth-order valence-electron chi connectivity index (χ4n) is 2.87. The summed E-state index contributed by atoms with van der Waals surface area (Å²) in [5, 5.41) is 3.41. The van der Waals surface area contributed by atoms with Crippen molar-refractivity contribution in [1.29, 1.82) is 0 Å². The van der Waals surface area contributed by atoms with Crippen LogP contribution in [0, 0.1) is 5.92 Å². The second-order valence-corrected chi connectivity index (χ2v) is 6.96. The molecular weight excluding hydrogens is 254 g/mol. The molecule has 0 atom stereocenters. The van der Waals surface area contributed by atoms with E-state index in [9.17, 15) is 4.79 Å². The lowest BCUT2D eigenvalue weighted by atomic mass is 9.97. The molecule has 20 heavy (non-hydrogen) atoms. The van der Waals surface area contributed by atoms with Gasteiger partial charge in [0.15, 0.2) is 0 Å². The van der Waals surface area contributed by atoms with Gasteiger partial charge in [0.25, 0.3) is 0 Å². The second-order valence-electron chi connectivity index (χ2n) is 6.96. The molecule has 1 amide bonds. The molecule has 2 rings (SSSR count). The number of carbonyl (C=O) groups is 1. The predicted molar refractivity (Wildman–Crippen MR) is 79.8 cm³/mol. The average molecular weight is 283 g/mol. The van der Waals surface area contributed by atoms with Crippen LogP contribution in [0.5, 0.6) is 0 Å². The molecule has 0 unspecified atom stereocenters. The highest BCUT2D eigenvalue weighted by Gasteiger charge is 2.27. The zero-order chi connectivity index (χ0) is 14.6. The number of piperidine rings is 1. The lowest BCUT2D eigenvalue weighted by Gasteiger charge is -2.37. The molecule has 116 valence electrons. The van der Waals surface area contributed by atoms with Crippen molar-refractivity contribution in [3.8, 4) is 0 Å². The number of piperazine rings is 1. The van der Waals surface area contributed by atoms with Gasteiger partial charge in [0, 0.05) is 32.7 Å². The van der Waals surface area contributed by atoms with Crippen LogP contribution in [-0.4, -0.2) is 67.3 Å². The lowest BCUT2D eigenvalue weighted by Crippen LogP contribution is -2.51. The number of hydrogen-bond acceptors (Lipinski definition) is 4. The van der Waals surface area contributed by atoms with Gasteiger partial charge in [-0.1, -0.05) is 0 Å². The van der Waals surface area contributed by atoms with Crippen LogP contribution < -0.4 is 5.32 Å². The van der Waals surface area contributed by atoms with E-state index in [0.717, 1.165) is 45.2 Å². The van der Waals surface area contributed by atoms with Gasteiger partial charge in [-0.2, -0.15) is 0 Å². The summed E-state index contributed by atoms with van der Waals surface area (Å²) in [5.74, 6) is 0.823. The van der Waals surface area contributed by atoms with E-state index >= 15 is 0 Å². The van der Waals surface area contributed by atoms with Crippen molar-refractivity contribution in [2.24, 2.45) is 5.92 Å². The van der Waals surface area contributed by atoms with E-state index in [1.54, 1.807) is 0 Å². The summed E-state index contributed by atoms with van der Waals surface area (Å²) in [6.07, 6.45) is 2.40. The fraction of sp³-hybridized carbons (Fsp3) is 0.933. The second kappa shape index (κ2) is 6.76. The van der Waals surface area contributed by atoms with Crippen molar-refractivity contribution in [1.82, 2.24) is 15.1 Å². The third-order valence-corrected chi connectivity index (χ3v) is 4.00. The van der Waals surface area contributed by atoms with Crippen molar-refractivity contribution in [3.05, 3.63) is 0 Å². The van der Waals surface area contributed by atoms with Crippen LogP contribution in [0.3, 0.4) is 0 Å². The van der Waals surface area contributed by atoms with Gasteiger partial charge in [-0.25, -0.2) is 4.79 Å². The molecule has 5 nitrogen and oxygen atoms in total. The Labute approximate surface area is 122 Å². The predicted octanol–water partition coefficient (Wildman–Crippen LogP) is 1.54. The highest BCUT2D eigenvalue weighted by Crippen LogP contribution is 2.16. The number of rotatable bonds is 2. The van der Waals surface area contributed by atoms with Crippen LogP contribution in [0.1, 0.15) is 33.6 Å². The van der Waals surface area contributed by atoms with Gasteiger partial charge in [-0.15, -0.1) is 0 Å². The maximum absolute atomic E-state index is 12.0. The van der Waals surface area contributed by atoms with Gasteiger partial charge >= 0.3 is 6.09 Å². The van der Waals surface area contributed by atoms with Crippen LogP contribution >= 0.6 is 0 Å². The molecule has 0 aromatic heterocycles. The maximum atomic E-state index is 12.0. The first kappa shape index (κ1) is 15.6. The van der Waals surface area contributed by atoms with Gasteiger partial charge in [0.05, 0.1) is 0 Å². The van der Waals surface area contributed by atoms with E-state index in [2.05, 4.69) is 10.2 Å².